The number of hydrogen-bond acceptors (Lipinski definition) is 6. The smallest absolute Gasteiger partial charge is 0.311 e. The van der Waals surface area contributed by atoms with Gasteiger partial charge in [-0.2, -0.15) is 14.7 Å². The number of aromatic nitrogens is 6. The minimum absolute atomic E-state index is 0.0261. The summed E-state index contributed by atoms with van der Waals surface area (Å²) in [6.45, 7) is 1.91. The summed E-state index contributed by atoms with van der Waals surface area (Å²) in [4.78, 5) is 11.6. The highest BCUT2D eigenvalue weighted by Crippen LogP contribution is 2.29. The van der Waals surface area contributed by atoms with Crippen LogP contribution < -0.4 is 0 Å². The third kappa shape index (κ3) is 2.50. The Balaban J connectivity index is 1.96. The van der Waals surface area contributed by atoms with Crippen LogP contribution in [0.3, 0.4) is 0 Å². The Morgan fingerprint density at radius 2 is 1.92 bits per heavy atom. The van der Waals surface area contributed by atoms with Gasteiger partial charge < -0.3 is 4.74 Å². The number of ether oxygens (including phenoxy) is 1. The topological polar surface area (TPSA) is 87.2 Å². The molecule has 0 atom stereocenters. The van der Waals surface area contributed by atoms with Crippen molar-refractivity contribution >= 4 is 34.4 Å². The van der Waals surface area contributed by atoms with Crippen molar-refractivity contribution in [3.8, 4) is 11.1 Å². The number of halogens is 1. The number of aryl methyl sites for hydroxylation is 2. The average molecular weight is 371 g/mol. The van der Waals surface area contributed by atoms with Gasteiger partial charge in [-0.1, -0.05) is 23.7 Å². The molecule has 9 heteroatoms. The van der Waals surface area contributed by atoms with Gasteiger partial charge in [0.2, 0.25) is 0 Å². The molecule has 0 aliphatic carbocycles. The Kier molecular flexibility index (Phi) is 3.84. The van der Waals surface area contributed by atoms with Crippen LogP contribution >= 0.6 is 11.6 Å². The van der Waals surface area contributed by atoms with E-state index in [4.69, 9.17) is 16.3 Å². The molecule has 0 radical (unpaired) electrons. The SMILES string of the molecule is COC(=O)Cc1nn(C)c2c1nnc1c(-c3ccc(Cl)cc3)c(C)nn12. The number of rotatable bonds is 3. The van der Waals surface area contributed by atoms with E-state index in [0.717, 1.165) is 16.8 Å². The first kappa shape index (κ1) is 16.5. The van der Waals surface area contributed by atoms with Gasteiger partial charge in [-0.05, 0) is 24.6 Å². The fraction of sp³-hybridized carbons (Fsp3) is 0.235. The monoisotopic (exact) mass is 370 g/mol. The van der Waals surface area contributed by atoms with Crippen molar-refractivity contribution in [3.63, 3.8) is 0 Å². The summed E-state index contributed by atoms with van der Waals surface area (Å²) in [5.74, 6) is -0.384. The van der Waals surface area contributed by atoms with Gasteiger partial charge in [-0.15, -0.1) is 10.2 Å². The molecule has 132 valence electrons. The molecule has 1 aromatic carbocycles. The lowest BCUT2D eigenvalue weighted by Gasteiger charge is -2.01. The normalized spacial score (nSPS) is 11.4. The van der Waals surface area contributed by atoms with E-state index in [1.807, 2.05) is 31.2 Å². The molecule has 4 rings (SSSR count). The van der Waals surface area contributed by atoms with Crippen LogP contribution in [0, 0.1) is 6.92 Å². The lowest BCUT2D eigenvalue weighted by atomic mass is 10.1. The molecule has 8 nitrogen and oxygen atoms in total. The number of carbonyl (C=O) groups excluding carboxylic acids is 1. The van der Waals surface area contributed by atoms with Gasteiger partial charge in [-0.3, -0.25) is 4.79 Å². The first-order valence-electron chi connectivity index (χ1n) is 7.90. The molecule has 4 aromatic rings. The molecule has 3 aromatic heterocycles. The lowest BCUT2D eigenvalue weighted by Crippen LogP contribution is -2.06. The Morgan fingerprint density at radius 3 is 2.62 bits per heavy atom. The number of esters is 1. The van der Waals surface area contributed by atoms with Crippen LogP contribution in [-0.4, -0.2) is 42.7 Å². The number of hydrogen-bond donors (Lipinski definition) is 0. The van der Waals surface area contributed by atoms with Crippen molar-refractivity contribution in [3.05, 3.63) is 40.7 Å². The molecule has 0 aliphatic rings. The second-order valence-corrected chi connectivity index (χ2v) is 6.33. The first-order valence-corrected chi connectivity index (χ1v) is 8.27. The van der Waals surface area contributed by atoms with Crippen LogP contribution in [0.4, 0.5) is 0 Å². The lowest BCUT2D eigenvalue weighted by molar-refractivity contribution is -0.139. The molecular formula is C17H15ClN6O2. The molecule has 0 N–H and O–H groups in total. The molecule has 3 heterocycles. The van der Waals surface area contributed by atoms with Crippen molar-refractivity contribution in [1.82, 2.24) is 29.6 Å². The summed E-state index contributed by atoms with van der Waals surface area (Å²) < 4.78 is 8.07. The van der Waals surface area contributed by atoms with E-state index in [-0.39, 0.29) is 12.4 Å². The summed E-state index contributed by atoms with van der Waals surface area (Å²) in [7, 11) is 3.12. The number of benzene rings is 1. The second kappa shape index (κ2) is 6.06. The molecule has 0 bridgehead atoms. The summed E-state index contributed by atoms with van der Waals surface area (Å²) in [6.07, 6.45) is 0.0261. The molecular weight excluding hydrogens is 356 g/mol. The summed E-state index contributed by atoms with van der Waals surface area (Å²) in [6, 6.07) is 7.49. The van der Waals surface area contributed by atoms with Crippen LogP contribution in [0.15, 0.2) is 24.3 Å². The van der Waals surface area contributed by atoms with E-state index >= 15 is 0 Å². The maximum atomic E-state index is 11.6. The van der Waals surface area contributed by atoms with E-state index in [9.17, 15) is 4.79 Å². The number of carbonyl (C=O) groups is 1. The predicted molar refractivity (Wildman–Crippen MR) is 96.0 cm³/mol. The maximum absolute atomic E-state index is 11.6. The fourth-order valence-electron chi connectivity index (χ4n) is 3.03. The fourth-order valence-corrected chi connectivity index (χ4v) is 3.16. The van der Waals surface area contributed by atoms with Gasteiger partial charge in [0, 0.05) is 12.1 Å². The summed E-state index contributed by atoms with van der Waals surface area (Å²) >= 11 is 5.99. The van der Waals surface area contributed by atoms with Crippen LogP contribution in [0.5, 0.6) is 0 Å². The Morgan fingerprint density at radius 1 is 1.19 bits per heavy atom. The van der Waals surface area contributed by atoms with Gasteiger partial charge in [0.15, 0.2) is 16.8 Å². The highest BCUT2D eigenvalue weighted by Gasteiger charge is 2.21. The Labute approximate surface area is 153 Å². The van der Waals surface area contributed by atoms with E-state index in [0.29, 0.717) is 27.5 Å². The zero-order chi connectivity index (χ0) is 18.4. The quantitative estimate of drug-likeness (QED) is 0.514. The molecule has 0 saturated carbocycles. The van der Waals surface area contributed by atoms with Crippen molar-refractivity contribution in [1.29, 1.82) is 0 Å². The van der Waals surface area contributed by atoms with Crippen molar-refractivity contribution < 1.29 is 9.53 Å². The third-order valence-electron chi connectivity index (χ3n) is 4.22. The van der Waals surface area contributed by atoms with Gasteiger partial charge in [0.1, 0.15) is 5.69 Å². The molecule has 0 aliphatic heterocycles. The van der Waals surface area contributed by atoms with Gasteiger partial charge >= 0.3 is 5.97 Å². The largest absolute Gasteiger partial charge is 0.469 e. The van der Waals surface area contributed by atoms with Crippen molar-refractivity contribution in [2.75, 3.05) is 7.11 Å². The van der Waals surface area contributed by atoms with Gasteiger partial charge in [0.25, 0.3) is 0 Å². The molecule has 0 amide bonds. The minimum atomic E-state index is -0.384. The molecule has 0 saturated heterocycles. The minimum Gasteiger partial charge on any atom is -0.469 e. The number of fused-ring (bicyclic) bond motifs is 3. The zero-order valence-corrected chi connectivity index (χ0v) is 15.2. The van der Waals surface area contributed by atoms with Crippen molar-refractivity contribution in [2.24, 2.45) is 7.05 Å². The summed E-state index contributed by atoms with van der Waals surface area (Å²) in [5.41, 5.74) is 4.95. The molecule has 0 spiro atoms. The molecule has 0 fully saturated rings. The highest BCUT2D eigenvalue weighted by atomic mass is 35.5. The zero-order valence-electron chi connectivity index (χ0n) is 14.4. The van der Waals surface area contributed by atoms with E-state index in [2.05, 4.69) is 20.4 Å². The van der Waals surface area contributed by atoms with Crippen LogP contribution in [0.2, 0.25) is 5.02 Å². The average Bonchev–Trinajstić information content (AvgIpc) is 3.12. The van der Waals surface area contributed by atoms with Gasteiger partial charge in [-0.25, -0.2) is 4.68 Å². The summed E-state index contributed by atoms with van der Waals surface area (Å²) in [5, 5.41) is 18.3. The predicted octanol–water partition coefficient (Wildman–Crippen LogP) is 2.36. The van der Waals surface area contributed by atoms with Crippen LogP contribution in [0.1, 0.15) is 11.4 Å². The second-order valence-electron chi connectivity index (χ2n) is 5.90. The Hall–Kier alpha value is -3.00. The molecule has 0 unspecified atom stereocenters. The first-order chi connectivity index (χ1) is 12.5. The van der Waals surface area contributed by atoms with E-state index in [1.165, 1.54) is 7.11 Å². The van der Waals surface area contributed by atoms with Crippen LogP contribution in [-0.2, 0) is 23.0 Å². The maximum Gasteiger partial charge on any atom is 0.311 e. The third-order valence-corrected chi connectivity index (χ3v) is 4.47. The van der Waals surface area contributed by atoms with Gasteiger partial charge in [0.05, 0.1) is 24.8 Å². The standard InChI is InChI=1S/C17H15ClN6O2/c1-9-14(10-4-6-11(18)7-5-10)16-20-19-15-12(8-13(25)26-3)22-23(2)17(15)24(16)21-9/h4-7H,8H2,1-3H3. The highest BCUT2D eigenvalue weighted by molar-refractivity contribution is 6.30. The van der Waals surface area contributed by atoms with E-state index in [1.54, 1.807) is 16.2 Å². The Bertz CT molecular complexity index is 1150. The van der Waals surface area contributed by atoms with Crippen molar-refractivity contribution in [2.45, 2.75) is 13.3 Å². The number of nitrogens with zero attached hydrogens (tertiary/aromatic N) is 6. The number of methoxy groups -OCH3 is 1. The molecule has 26 heavy (non-hydrogen) atoms. The van der Waals surface area contributed by atoms with E-state index < -0.39 is 0 Å². The van der Waals surface area contributed by atoms with Crippen LogP contribution in [0.25, 0.3) is 27.9 Å².